The van der Waals surface area contributed by atoms with Gasteiger partial charge in [0.05, 0.1) is 23.5 Å². The summed E-state index contributed by atoms with van der Waals surface area (Å²) in [5, 5.41) is 9.04. The predicted molar refractivity (Wildman–Crippen MR) is 109 cm³/mol. The number of nitrogens with zero attached hydrogens (tertiary/aromatic N) is 4. The zero-order chi connectivity index (χ0) is 18.8. The van der Waals surface area contributed by atoms with E-state index in [1.165, 1.54) is 32.1 Å². The first-order valence-electron chi connectivity index (χ1n) is 9.92. The van der Waals surface area contributed by atoms with Crippen LogP contribution < -0.4 is 0 Å². The van der Waals surface area contributed by atoms with Crippen LogP contribution >= 0.6 is 0 Å². The lowest BCUT2D eigenvalue weighted by Gasteiger charge is -2.24. The fourth-order valence-corrected chi connectivity index (χ4v) is 4.04. The second-order valence-corrected chi connectivity index (χ2v) is 7.30. The molecule has 0 unspecified atom stereocenters. The molecule has 0 radical (unpaired) electrons. The molecule has 1 saturated carbocycles. The smallest absolute Gasteiger partial charge is 0.258 e. The summed E-state index contributed by atoms with van der Waals surface area (Å²) in [4.78, 5) is 4.66. The monoisotopic (exact) mass is 370 g/mol. The van der Waals surface area contributed by atoms with Crippen molar-refractivity contribution in [3.8, 4) is 34.1 Å². The molecule has 1 aliphatic carbocycles. The van der Waals surface area contributed by atoms with Crippen molar-refractivity contribution >= 4 is 0 Å². The van der Waals surface area contributed by atoms with Crippen molar-refractivity contribution in [1.82, 2.24) is 19.9 Å². The van der Waals surface area contributed by atoms with Crippen LogP contribution in [0.15, 0.2) is 71.4 Å². The molecule has 1 fully saturated rings. The molecular formula is C23H22N4O. The van der Waals surface area contributed by atoms with Crippen LogP contribution in [0.3, 0.4) is 0 Å². The minimum Gasteiger partial charge on any atom is -0.334 e. The Morgan fingerprint density at radius 1 is 0.821 bits per heavy atom. The fourth-order valence-electron chi connectivity index (χ4n) is 4.04. The average Bonchev–Trinajstić information content (AvgIpc) is 3.43. The van der Waals surface area contributed by atoms with Gasteiger partial charge in [0, 0.05) is 11.1 Å². The number of benzene rings is 2. The molecule has 0 spiro atoms. The predicted octanol–water partition coefficient (Wildman–Crippen LogP) is 5.77. The Hall–Kier alpha value is -3.21. The van der Waals surface area contributed by atoms with Gasteiger partial charge in [0.25, 0.3) is 5.89 Å². The van der Waals surface area contributed by atoms with Crippen molar-refractivity contribution in [2.45, 2.75) is 38.1 Å². The van der Waals surface area contributed by atoms with Gasteiger partial charge in [-0.25, -0.2) is 0 Å². The Morgan fingerprint density at radius 3 is 2.21 bits per heavy atom. The lowest BCUT2D eigenvalue weighted by Crippen LogP contribution is -2.15. The molecule has 0 saturated heterocycles. The van der Waals surface area contributed by atoms with Crippen LogP contribution in [-0.2, 0) is 0 Å². The van der Waals surface area contributed by atoms with E-state index in [4.69, 9.17) is 9.62 Å². The summed E-state index contributed by atoms with van der Waals surface area (Å²) in [7, 11) is 0. The Balaban J connectivity index is 1.60. The van der Waals surface area contributed by atoms with E-state index in [-0.39, 0.29) is 0 Å². The minimum atomic E-state index is 0.429. The molecule has 4 aromatic rings. The van der Waals surface area contributed by atoms with Crippen molar-refractivity contribution in [3.63, 3.8) is 0 Å². The summed E-state index contributed by atoms with van der Waals surface area (Å²) in [6.07, 6.45) is 8.06. The van der Waals surface area contributed by atoms with Gasteiger partial charge in [-0.15, -0.1) is 0 Å². The van der Waals surface area contributed by atoms with Gasteiger partial charge in [-0.1, -0.05) is 73.0 Å². The van der Waals surface area contributed by atoms with Crippen molar-refractivity contribution in [2.75, 3.05) is 0 Å². The second-order valence-electron chi connectivity index (χ2n) is 7.30. The van der Waals surface area contributed by atoms with Crippen molar-refractivity contribution in [3.05, 3.63) is 66.9 Å². The number of hydrogen-bond donors (Lipinski definition) is 0. The van der Waals surface area contributed by atoms with Gasteiger partial charge in [-0.3, -0.25) is 4.68 Å². The molecule has 2 aromatic heterocycles. The van der Waals surface area contributed by atoms with Crippen LogP contribution in [0, 0.1) is 0 Å². The molecule has 140 valence electrons. The SMILES string of the molecule is c1ccc(-c2nc(-c3cnn(C4CCCCC4)c3-c3ccccc3)no2)cc1. The molecule has 1 aliphatic rings. The standard InChI is InChI=1S/C23H22N4O/c1-4-10-17(11-5-1)21-20(16-24-27(21)19-14-8-3-9-15-19)22-25-23(28-26-22)18-12-6-2-7-13-18/h1-2,4-7,10-13,16,19H,3,8-9,14-15H2. The summed E-state index contributed by atoms with van der Waals surface area (Å²) >= 11 is 0. The van der Waals surface area contributed by atoms with Gasteiger partial charge in [0.15, 0.2) is 0 Å². The quantitative estimate of drug-likeness (QED) is 0.457. The highest BCUT2D eigenvalue weighted by atomic mass is 16.5. The van der Waals surface area contributed by atoms with E-state index in [9.17, 15) is 0 Å². The highest BCUT2D eigenvalue weighted by Crippen LogP contribution is 2.37. The van der Waals surface area contributed by atoms with Crippen molar-refractivity contribution < 1.29 is 4.52 Å². The average molecular weight is 370 g/mol. The summed E-state index contributed by atoms with van der Waals surface area (Å²) in [6.45, 7) is 0. The largest absolute Gasteiger partial charge is 0.334 e. The van der Waals surface area contributed by atoms with Crippen molar-refractivity contribution in [2.24, 2.45) is 0 Å². The third-order valence-corrected chi connectivity index (χ3v) is 5.45. The molecular weight excluding hydrogens is 348 g/mol. The maximum atomic E-state index is 5.55. The van der Waals surface area contributed by atoms with Gasteiger partial charge >= 0.3 is 0 Å². The van der Waals surface area contributed by atoms with Crippen LogP contribution in [0.5, 0.6) is 0 Å². The lowest BCUT2D eigenvalue weighted by molar-refractivity contribution is 0.332. The van der Waals surface area contributed by atoms with Crippen LogP contribution in [0.25, 0.3) is 34.1 Å². The first-order valence-corrected chi connectivity index (χ1v) is 9.92. The highest BCUT2D eigenvalue weighted by Gasteiger charge is 2.24. The summed E-state index contributed by atoms with van der Waals surface area (Å²) in [6, 6.07) is 20.7. The molecule has 0 amide bonds. The first kappa shape index (κ1) is 16.9. The zero-order valence-electron chi connectivity index (χ0n) is 15.7. The molecule has 0 aliphatic heterocycles. The van der Waals surface area contributed by atoms with E-state index in [0.717, 1.165) is 22.4 Å². The molecule has 0 N–H and O–H groups in total. The molecule has 2 aromatic carbocycles. The normalized spacial score (nSPS) is 15.0. The highest BCUT2D eigenvalue weighted by molar-refractivity contribution is 5.78. The van der Waals surface area contributed by atoms with E-state index in [0.29, 0.717) is 17.8 Å². The van der Waals surface area contributed by atoms with Crippen LogP contribution in [0.1, 0.15) is 38.1 Å². The Bertz CT molecular complexity index is 1050. The lowest BCUT2D eigenvalue weighted by atomic mass is 9.95. The van der Waals surface area contributed by atoms with Gasteiger partial charge in [0.1, 0.15) is 0 Å². The number of hydrogen-bond acceptors (Lipinski definition) is 4. The summed E-state index contributed by atoms with van der Waals surface area (Å²) < 4.78 is 7.74. The molecule has 0 atom stereocenters. The third kappa shape index (κ3) is 3.13. The molecule has 28 heavy (non-hydrogen) atoms. The van der Waals surface area contributed by atoms with E-state index in [1.807, 2.05) is 42.6 Å². The first-order chi connectivity index (χ1) is 13.9. The maximum absolute atomic E-state index is 5.55. The van der Waals surface area contributed by atoms with Gasteiger partial charge < -0.3 is 4.52 Å². The van der Waals surface area contributed by atoms with E-state index in [1.54, 1.807) is 0 Å². The molecule has 5 rings (SSSR count). The number of aromatic nitrogens is 4. The molecule has 0 bridgehead atoms. The molecule has 5 nitrogen and oxygen atoms in total. The topological polar surface area (TPSA) is 56.7 Å². The molecule has 2 heterocycles. The van der Waals surface area contributed by atoms with E-state index in [2.05, 4.69) is 39.1 Å². The van der Waals surface area contributed by atoms with Crippen LogP contribution in [-0.4, -0.2) is 19.9 Å². The Kier molecular flexibility index (Phi) is 4.49. The Labute approximate surface area is 164 Å². The molecule has 5 heteroatoms. The van der Waals surface area contributed by atoms with E-state index < -0.39 is 0 Å². The van der Waals surface area contributed by atoms with Gasteiger partial charge in [-0.2, -0.15) is 10.1 Å². The Morgan fingerprint density at radius 2 is 1.50 bits per heavy atom. The van der Waals surface area contributed by atoms with Crippen LogP contribution in [0.4, 0.5) is 0 Å². The number of rotatable bonds is 4. The van der Waals surface area contributed by atoms with E-state index >= 15 is 0 Å². The van der Waals surface area contributed by atoms with Gasteiger partial charge in [-0.05, 0) is 25.0 Å². The minimum absolute atomic E-state index is 0.429. The summed E-state index contributed by atoms with van der Waals surface area (Å²) in [5.74, 6) is 1.11. The maximum Gasteiger partial charge on any atom is 0.258 e. The van der Waals surface area contributed by atoms with Crippen molar-refractivity contribution in [1.29, 1.82) is 0 Å². The summed E-state index contributed by atoms with van der Waals surface area (Å²) in [5.41, 5.74) is 4.05. The van der Waals surface area contributed by atoms with Gasteiger partial charge in [0.2, 0.25) is 5.82 Å². The second kappa shape index (κ2) is 7.43. The fraction of sp³-hybridized carbons (Fsp3) is 0.261. The third-order valence-electron chi connectivity index (χ3n) is 5.45. The van der Waals surface area contributed by atoms with Crippen LogP contribution in [0.2, 0.25) is 0 Å². The zero-order valence-corrected chi connectivity index (χ0v) is 15.7.